The van der Waals surface area contributed by atoms with E-state index in [9.17, 15) is 4.79 Å². The maximum atomic E-state index is 12.3. The molecule has 0 saturated carbocycles. The second kappa shape index (κ2) is 7.77. The van der Waals surface area contributed by atoms with Crippen LogP contribution in [0.5, 0.6) is 0 Å². The minimum absolute atomic E-state index is 0.178. The third-order valence-corrected chi connectivity index (χ3v) is 5.13. The Bertz CT molecular complexity index is 571. The lowest BCUT2D eigenvalue weighted by atomic mass is 9.90. The highest BCUT2D eigenvalue weighted by Gasteiger charge is 2.28. The van der Waals surface area contributed by atoms with Gasteiger partial charge in [-0.05, 0) is 70.7 Å². The quantitative estimate of drug-likeness (QED) is 0.815. The second-order valence-corrected chi connectivity index (χ2v) is 8.49. The Morgan fingerprint density at radius 3 is 2.40 bits per heavy atom. The largest absolute Gasteiger partial charge is 0.444 e. The van der Waals surface area contributed by atoms with Gasteiger partial charge in [0.05, 0.1) is 0 Å². The molecular weight excluding hydrogens is 312 g/mol. The Morgan fingerprint density at radius 1 is 1.08 bits per heavy atom. The molecule has 0 spiro atoms. The zero-order valence-corrected chi connectivity index (χ0v) is 16.0. The van der Waals surface area contributed by atoms with Crippen molar-refractivity contribution in [1.82, 2.24) is 9.80 Å². The molecule has 2 aliphatic rings. The van der Waals surface area contributed by atoms with Crippen LogP contribution in [0.3, 0.4) is 0 Å². The minimum Gasteiger partial charge on any atom is -0.444 e. The van der Waals surface area contributed by atoms with Crippen molar-refractivity contribution in [1.29, 1.82) is 0 Å². The van der Waals surface area contributed by atoms with Crippen LogP contribution >= 0.6 is 0 Å². The molecule has 0 aliphatic carbocycles. The summed E-state index contributed by atoms with van der Waals surface area (Å²) >= 11 is 0. The van der Waals surface area contributed by atoms with Gasteiger partial charge in [0.25, 0.3) is 0 Å². The number of carbonyl (C=O) groups excluding carboxylic acids is 1. The monoisotopic (exact) mass is 344 g/mol. The van der Waals surface area contributed by atoms with Crippen molar-refractivity contribution in [3.63, 3.8) is 0 Å². The number of likely N-dealkylation sites (tertiary alicyclic amines) is 2. The van der Waals surface area contributed by atoms with E-state index in [4.69, 9.17) is 4.74 Å². The zero-order chi connectivity index (χ0) is 17.9. The van der Waals surface area contributed by atoms with Crippen LogP contribution in [0.4, 0.5) is 4.79 Å². The minimum atomic E-state index is -0.429. The van der Waals surface area contributed by atoms with E-state index in [1.807, 2.05) is 25.7 Å². The molecule has 0 N–H and O–H groups in total. The van der Waals surface area contributed by atoms with Crippen molar-refractivity contribution >= 4 is 6.09 Å². The topological polar surface area (TPSA) is 32.8 Å². The van der Waals surface area contributed by atoms with Crippen molar-refractivity contribution in [2.24, 2.45) is 0 Å². The summed E-state index contributed by atoms with van der Waals surface area (Å²) in [6, 6.07) is 9.05. The first-order valence-electron chi connectivity index (χ1n) is 9.70. The molecule has 25 heavy (non-hydrogen) atoms. The number of rotatable bonds is 3. The molecule has 1 aromatic carbocycles. The summed E-state index contributed by atoms with van der Waals surface area (Å²) < 4.78 is 5.54. The molecule has 0 unspecified atom stereocenters. The molecule has 0 aromatic heterocycles. The normalized spacial score (nSPS) is 22.2. The molecule has 1 amide bonds. The van der Waals surface area contributed by atoms with Crippen molar-refractivity contribution in [3.05, 3.63) is 35.4 Å². The Labute approximate surface area is 152 Å². The molecule has 0 bridgehead atoms. The first-order valence-corrected chi connectivity index (χ1v) is 9.70. The third kappa shape index (κ3) is 5.21. The van der Waals surface area contributed by atoms with E-state index < -0.39 is 5.60 Å². The van der Waals surface area contributed by atoms with Crippen molar-refractivity contribution in [3.8, 4) is 0 Å². The molecule has 0 radical (unpaired) electrons. The highest BCUT2D eigenvalue weighted by molar-refractivity contribution is 5.68. The number of hydrogen-bond acceptors (Lipinski definition) is 3. The number of carbonyl (C=O) groups is 1. The van der Waals surface area contributed by atoms with E-state index in [1.165, 1.54) is 37.1 Å². The van der Waals surface area contributed by atoms with E-state index in [1.54, 1.807) is 0 Å². The van der Waals surface area contributed by atoms with Crippen molar-refractivity contribution in [2.75, 3.05) is 26.2 Å². The SMILES string of the molecule is CC(C)(C)OC(=O)N1CCC[C@@H](c2ccc(CN3CCCC3)cc2)C1. The third-order valence-electron chi connectivity index (χ3n) is 5.13. The molecular formula is C21H32N2O2. The maximum absolute atomic E-state index is 12.3. The Balaban J connectivity index is 1.58. The van der Waals surface area contributed by atoms with Gasteiger partial charge in [-0.3, -0.25) is 4.90 Å². The number of ether oxygens (including phenoxy) is 1. The number of piperidine rings is 1. The maximum Gasteiger partial charge on any atom is 0.410 e. The van der Waals surface area contributed by atoms with Gasteiger partial charge in [0.1, 0.15) is 5.60 Å². The zero-order valence-electron chi connectivity index (χ0n) is 16.0. The van der Waals surface area contributed by atoms with Gasteiger partial charge in [0, 0.05) is 25.6 Å². The predicted octanol–water partition coefficient (Wildman–Crippen LogP) is 4.40. The molecule has 4 heteroatoms. The van der Waals surface area contributed by atoms with Crippen LogP contribution < -0.4 is 0 Å². The highest BCUT2D eigenvalue weighted by Crippen LogP contribution is 2.28. The fourth-order valence-corrected chi connectivity index (χ4v) is 3.84. The molecule has 4 nitrogen and oxygen atoms in total. The van der Waals surface area contributed by atoms with Gasteiger partial charge in [-0.1, -0.05) is 24.3 Å². The van der Waals surface area contributed by atoms with Crippen LogP contribution in [0.25, 0.3) is 0 Å². The van der Waals surface area contributed by atoms with Gasteiger partial charge in [0.2, 0.25) is 0 Å². The summed E-state index contributed by atoms with van der Waals surface area (Å²) in [5, 5.41) is 0. The first-order chi connectivity index (χ1) is 11.9. The summed E-state index contributed by atoms with van der Waals surface area (Å²) in [6.45, 7) is 10.9. The summed E-state index contributed by atoms with van der Waals surface area (Å²) in [4.78, 5) is 16.7. The molecule has 3 rings (SSSR count). The van der Waals surface area contributed by atoms with Gasteiger partial charge in [-0.15, -0.1) is 0 Å². The van der Waals surface area contributed by atoms with Crippen LogP contribution in [0.15, 0.2) is 24.3 Å². The number of nitrogens with zero attached hydrogens (tertiary/aromatic N) is 2. The predicted molar refractivity (Wildman–Crippen MR) is 101 cm³/mol. The van der Waals surface area contributed by atoms with Crippen molar-refractivity contribution in [2.45, 2.75) is 64.5 Å². The second-order valence-electron chi connectivity index (χ2n) is 8.49. The molecule has 1 aromatic rings. The van der Waals surface area contributed by atoms with Crippen LogP contribution in [-0.4, -0.2) is 47.7 Å². The van der Waals surface area contributed by atoms with Gasteiger partial charge in [-0.25, -0.2) is 4.79 Å². The molecule has 2 heterocycles. The molecule has 1 atom stereocenters. The van der Waals surface area contributed by atoms with Crippen LogP contribution in [-0.2, 0) is 11.3 Å². The Hall–Kier alpha value is -1.55. The highest BCUT2D eigenvalue weighted by atomic mass is 16.6. The van der Waals surface area contributed by atoms with E-state index in [0.29, 0.717) is 5.92 Å². The Kier molecular flexibility index (Phi) is 5.67. The standard InChI is InChI=1S/C21H32N2O2/c1-21(2,3)25-20(24)23-14-6-7-19(16-23)18-10-8-17(9-11-18)15-22-12-4-5-13-22/h8-11,19H,4-7,12-16H2,1-3H3/t19-/m1/s1. The number of benzene rings is 1. The summed E-state index contributed by atoms with van der Waals surface area (Å²) in [5.74, 6) is 0.419. The van der Waals surface area contributed by atoms with Gasteiger partial charge < -0.3 is 9.64 Å². The lowest BCUT2D eigenvalue weighted by Gasteiger charge is -2.34. The molecule has 2 saturated heterocycles. The Morgan fingerprint density at radius 2 is 1.76 bits per heavy atom. The summed E-state index contributed by atoms with van der Waals surface area (Å²) in [6.07, 6.45) is 4.67. The van der Waals surface area contributed by atoms with Crippen LogP contribution in [0, 0.1) is 0 Å². The molecule has 2 aliphatic heterocycles. The molecule has 2 fully saturated rings. The fraction of sp³-hybridized carbons (Fsp3) is 0.667. The summed E-state index contributed by atoms with van der Waals surface area (Å²) in [7, 11) is 0. The van der Waals surface area contributed by atoms with E-state index in [0.717, 1.165) is 32.5 Å². The van der Waals surface area contributed by atoms with Gasteiger partial charge >= 0.3 is 6.09 Å². The first kappa shape index (κ1) is 18.2. The van der Waals surface area contributed by atoms with Gasteiger partial charge in [0.15, 0.2) is 0 Å². The molecule has 138 valence electrons. The van der Waals surface area contributed by atoms with Crippen LogP contribution in [0.2, 0.25) is 0 Å². The lowest BCUT2D eigenvalue weighted by Crippen LogP contribution is -2.42. The smallest absolute Gasteiger partial charge is 0.410 e. The van der Waals surface area contributed by atoms with Crippen molar-refractivity contribution < 1.29 is 9.53 Å². The van der Waals surface area contributed by atoms with E-state index in [2.05, 4.69) is 29.2 Å². The van der Waals surface area contributed by atoms with E-state index in [-0.39, 0.29) is 6.09 Å². The average Bonchev–Trinajstić information content (AvgIpc) is 3.07. The lowest BCUT2D eigenvalue weighted by molar-refractivity contribution is 0.0198. The summed E-state index contributed by atoms with van der Waals surface area (Å²) in [5.41, 5.74) is 2.31. The average molecular weight is 344 g/mol. The van der Waals surface area contributed by atoms with E-state index >= 15 is 0 Å². The van der Waals surface area contributed by atoms with Crippen LogP contribution in [0.1, 0.15) is 63.5 Å². The number of amides is 1. The fourth-order valence-electron chi connectivity index (χ4n) is 3.84. The number of hydrogen-bond donors (Lipinski definition) is 0. The van der Waals surface area contributed by atoms with Gasteiger partial charge in [-0.2, -0.15) is 0 Å².